The molecule has 86 valence electrons. The Morgan fingerprint density at radius 2 is 1.94 bits per heavy atom. The molecule has 0 atom stereocenters. The molecule has 4 heteroatoms. The van der Waals surface area contributed by atoms with Crippen LogP contribution in [0.3, 0.4) is 0 Å². The standard InChI is InChI=1S/C13H9ClO2S/c14-10-5-3-9(4-6-10)8-11(13(15)16)12-2-1-7-17-12/h1-8H,(H,15,16)/b11-8-. The van der Waals surface area contributed by atoms with Crippen LogP contribution in [-0.2, 0) is 4.79 Å². The molecule has 0 unspecified atom stereocenters. The van der Waals surface area contributed by atoms with E-state index in [0.29, 0.717) is 10.6 Å². The van der Waals surface area contributed by atoms with Gasteiger partial charge >= 0.3 is 5.97 Å². The summed E-state index contributed by atoms with van der Waals surface area (Å²) in [6.07, 6.45) is 1.64. The lowest BCUT2D eigenvalue weighted by Gasteiger charge is -2.00. The zero-order valence-electron chi connectivity index (χ0n) is 8.76. The molecule has 2 aromatic rings. The molecule has 0 aliphatic rings. The van der Waals surface area contributed by atoms with Gasteiger partial charge in [0.05, 0.1) is 5.57 Å². The van der Waals surface area contributed by atoms with Crippen molar-refractivity contribution >= 4 is 40.6 Å². The quantitative estimate of drug-likeness (QED) is 0.850. The van der Waals surface area contributed by atoms with E-state index < -0.39 is 5.97 Å². The highest BCUT2D eigenvalue weighted by Gasteiger charge is 2.10. The van der Waals surface area contributed by atoms with Crippen LogP contribution in [0.1, 0.15) is 10.4 Å². The lowest BCUT2D eigenvalue weighted by Crippen LogP contribution is -1.97. The van der Waals surface area contributed by atoms with Crippen molar-refractivity contribution in [3.63, 3.8) is 0 Å². The third-order valence-corrected chi connectivity index (χ3v) is 3.35. The maximum atomic E-state index is 11.2. The average molecular weight is 265 g/mol. The molecule has 0 saturated heterocycles. The maximum absolute atomic E-state index is 11.2. The molecule has 2 nitrogen and oxygen atoms in total. The van der Waals surface area contributed by atoms with E-state index in [9.17, 15) is 9.90 Å². The molecule has 0 amide bonds. The normalized spacial score (nSPS) is 11.5. The summed E-state index contributed by atoms with van der Waals surface area (Å²) in [5.41, 5.74) is 1.11. The van der Waals surface area contributed by atoms with Crippen molar-refractivity contribution in [3.05, 3.63) is 57.2 Å². The molecule has 2 rings (SSSR count). The van der Waals surface area contributed by atoms with E-state index in [1.165, 1.54) is 11.3 Å². The van der Waals surface area contributed by atoms with Gasteiger partial charge in [-0.25, -0.2) is 4.79 Å². The summed E-state index contributed by atoms with van der Waals surface area (Å²) in [6.45, 7) is 0. The highest BCUT2D eigenvalue weighted by molar-refractivity contribution is 7.11. The first-order chi connectivity index (χ1) is 8.16. The third-order valence-electron chi connectivity index (χ3n) is 2.20. The van der Waals surface area contributed by atoms with Gasteiger partial charge in [-0.05, 0) is 35.2 Å². The van der Waals surface area contributed by atoms with E-state index in [1.54, 1.807) is 36.4 Å². The summed E-state index contributed by atoms with van der Waals surface area (Å²) in [5.74, 6) is -0.928. The summed E-state index contributed by atoms with van der Waals surface area (Å²) in [6, 6.07) is 10.7. The predicted molar refractivity (Wildman–Crippen MR) is 71.3 cm³/mol. The molecular formula is C13H9ClO2S. The second kappa shape index (κ2) is 5.17. The summed E-state index contributed by atoms with van der Waals surface area (Å²) in [7, 11) is 0. The molecule has 1 aromatic carbocycles. The van der Waals surface area contributed by atoms with Crippen LogP contribution >= 0.6 is 22.9 Å². The number of hydrogen-bond donors (Lipinski definition) is 1. The van der Waals surface area contributed by atoms with Crippen LogP contribution in [0.25, 0.3) is 11.6 Å². The fourth-order valence-electron chi connectivity index (χ4n) is 1.40. The van der Waals surface area contributed by atoms with Gasteiger partial charge in [0.15, 0.2) is 0 Å². The Kier molecular flexibility index (Phi) is 3.61. The van der Waals surface area contributed by atoms with Crippen LogP contribution in [0.5, 0.6) is 0 Å². The summed E-state index contributed by atoms with van der Waals surface area (Å²) in [4.78, 5) is 11.9. The Hall–Kier alpha value is -1.58. The number of halogens is 1. The van der Waals surface area contributed by atoms with Crippen LogP contribution in [-0.4, -0.2) is 11.1 Å². The van der Waals surface area contributed by atoms with Gasteiger partial charge in [0.1, 0.15) is 0 Å². The van der Waals surface area contributed by atoms with Gasteiger partial charge in [-0.1, -0.05) is 29.8 Å². The fraction of sp³-hybridized carbons (Fsp3) is 0. The van der Waals surface area contributed by atoms with E-state index in [-0.39, 0.29) is 0 Å². The number of thiophene rings is 1. The molecule has 0 bridgehead atoms. The maximum Gasteiger partial charge on any atom is 0.337 e. The van der Waals surface area contributed by atoms with Crippen LogP contribution in [0.15, 0.2) is 41.8 Å². The Morgan fingerprint density at radius 1 is 1.24 bits per heavy atom. The first-order valence-corrected chi connectivity index (χ1v) is 6.17. The van der Waals surface area contributed by atoms with E-state index in [2.05, 4.69) is 0 Å². The lowest BCUT2D eigenvalue weighted by atomic mass is 10.1. The number of carboxylic acids is 1. The molecule has 0 radical (unpaired) electrons. The molecule has 0 aliphatic heterocycles. The van der Waals surface area contributed by atoms with Gasteiger partial charge < -0.3 is 5.11 Å². The highest BCUT2D eigenvalue weighted by atomic mass is 35.5. The molecule has 1 heterocycles. The van der Waals surface area contributed by atoms with Gasteiger partial charge in [0, 0.05) is 9.90 Å². The highest BCUT2D eigenvalue weighted by Crippen LogP contribution is 2.23. The average Bonchev–Trinajstić information content (AvgIpc) is 2.81. The smallest absolute Gasteiger partial charge is 0.337 e. The number of carbonyl (C=O) groups is 1. The van der Waals surface area contributed by atoms with Crippen molar-refractivity contribution in [3.8, 4) is 0 Å². The van der Waals surface area contributed by atoms with Crippen molar-refractivity contribution in [2.24, 2.45) is 0 Å². The largest absolute Gasteiger partial charge is 0.478 e. The summed E-state index contributed by atoms with van der Waals surface area (Å²) >= 11 is 7.18. The topological polar surface area (TPSA) is 37.3 Å². The van der Waals surface area contributed by atoms with Gasteiger partial charge in [-0.2, -0.15) is 0 Å². The van der Waals surface area contributed by atoms with Crippen LogP contribution < -0.4 is 0 Å². The van der Waals surface area contributed by atoms with Gasteiger partial charge in [0.25, 0.3) is 0 Å². The van der Waals surface area contributed by atoms with Gasteiger partial charge in [-0.15, -0.1) is 11.3 Å². The van der Waals surface area contributed by atoms with Crippen LogP contribution in [0, 0.1) is 0 Å². The second-order valence-electron chi connectivity index (χ2n) is 3.39. The van der Waals surface area contributed by atoms with Crippen molar-refractivity contribution in [1.82, 2.24) is 0 Å². The first kappa shape index (κ1) is 11.9. The van der Waals surface area contributed by atoms with Crippen molar-refractivity contribution in [2.45, 2.75) is 0 Å². The SMILES string of the molecule is O=C(O)/C(=C\c1ccc(Cl)cc1)c1cccs1. The summed E-state index contributed by atoms with van der Waals surface area (Å²) in [5, 5.41) is 11.7. The Labute approximate surface area is 108 Å². The Balaban J connectivity index is 2.40. The number of benzene rings is 1. The minimum absolute atomic E-state index is 0.294. The van der Waals surface area contributed by atoms with Crippen molar-refractivity contribution < 1.29 is 9.90 Å². The fourth-order valence-corrected chi connectivity index (χ4v) is 2.26. The summed E-state index contributed by atoms with van der Waals surface area (Å²) < 4.78 is 0. The molecular weight excluding hydrogens is 256 g/mol. The monoisotopic (exact) mass is 264 g/mol. The molecule has 0 fully saturated rings. The molecule has 0 spiro atoms. The Bertz CT molecular complexity index is 541. The molecule has 17 heavy (non-hydrogen) atoms. The lowest BCUT2D eigenvalue weighted by molar-refractivity contribution is -0.130. The molecule has 1 N–H and O–H groups in total. The molecule has 0 saturated carbocycles. The van der Waals surface area contributed by atoms with E-state index >= 15 is 0 Å². The number of rotatable bonds is 3. The molecule has 0 aliphatic carbocycles. The number of hydrogen-bond acceptors (Lipinski definition) is 2. The second-order valence-corrected chi connectivity index (χ2v) is 4.78. The van der Waals surface area contributed by atoms with Crippen LogP contribution in [0.4, 0.5) is 0 Å². The van der Waals surface area contributed by atoms with E-state index in [0.717, 1.165) is 10.4 Å². The number of aliphatic carboxylic acids is 1. The number of carboxylic acid groups (broad SMARTS) is 1. The van der Waals surface area contributed by atoms with E-state index in [1.807, 2.05) is 11.4 Å². The minimum atomic E-state index is -0.928. The van der Waals surface area contributed by atoms with Crippen molar-refractivity contribution in [1.29, 1.82) is 0 Å². The van der Waals surface area contributed by atoms with Crippen molar-refractivity contribution in [2.75, 3.05) is 0 Å². The Morgan fingerprint density at radius 3 is 2.47 bits per heavy atom. The van der Waals surface area contributed by atoms with Gasteiger partial charge in [0.2, 0.25) is 0 Å². The zero-order valence-corrected chi connectivity index (χ0v) is 10.3. The minimum Gasteiger partial charge on any atom is -0.478 e. The van der Waals surface area contributed by atoms with Gasteiger partial charge in [-0.3, -0.25) is 0 Å². The van der Waals surface area contributed by atoms with E-state index in [4.69, 9.17) is 11.6 Å². The predicted octanol–water partition coefficient (Wildman–Crippen LogP) is 4.03. The zero-order chi connectivity index (χ0) is 12.3. The first-order valence-electron chi connectivity index (χ1n) is 4.91. The third kappa shape index (κ3) is 2.96. The van der Waals surface area contributed by atoms with Crippen LogP contribution in [0.2, 0.25) is 5.02 Å². The molecule has 1 aromatic heterocycles.